The van der Waals surface area contributed by atoms with Crippen molar-refractivity contribution in [1.82, 2.24) is 4.90 Å². The van der Waals surface area contributed by atoms with Gasteiger partial charge in [0.05, 0.1) is 12.8 Å². The molecule has 0 bridgehead atoms. The van der Waals surface area contributed by atoms with Gasteiger partial charge in [0.1, 0.15) is 11.5 Å². The predicted octanol–water partition coefficient (Wildman–Crippen LogP) is 6.03. The molecule has 5 rings (SSSR count). The van der Waals surface area contributed by atoms with Crippen molar-refractivity contribution < 1.29 is 23.9 Å². The van der Waals surface area contributed by atoms with Gasteiger partial charge in [-0.3, -0.25) is 14.4 Å². The fourth-order valence-corrected chi connectivity index (χ4v) is 6.40. The van der Waals surface area contributed by atoms with E-state index in [9.17, 15) is 14.4 Å². The summed E-state index contributed by atoms with van der Waals surface area (Å²) in [5.41, 5.74) is 4.28. The van der Waals surface area contributed by atoms with Gasteiger partial charge in [-0.1, -0.05) is 58.0 Å². The number of benzene rings is 2. The monoisotopic (exact) mass is 542 g/mol. The number of carbonyl (C=O) groups excluding carboxylic acids is 3. The summed E-state index contributed by atoms with van der Waals surface area (Å²) in [6, 6.07) is 14.6. The van der Waals surface area contributed by atoms with Crippen molar-refractivity contribution in [2.24, 2.45) is 10.8 Å². The van der Waals surface area contributed by atoms with E-state index in [1.165, 1.54) is 0 Å². The molecule has 0 unspecified atom stereocenters. The van der Waals surface area contributed by atoms with E-state index in [-0.39, 0.29) is 34.9 Å². The average Bonchev–Trinajstić information content (AvgIpc) is 2.88. The van der Waals surface area contributed by atoms with Gasteiger partial charge in [0.25, 0.3) is 5.91 Å². The molecule has 1 N–H and O–H groups in total. The number of carbonyl (C=O) groups is 3. The van der Waals surface area contributed by atoms with Crippen LogP contribution in [0.3, 0.4) is 0 Å². The Morgan fingerprint density at radius 1 is 0.850 bits per heavy atom. The largest absolute Gasteiger partial charge is 0.495 e. The van der Waals surface area contributed by atoms with Gasteiger partial charge in [0.15, 0.2) is 18.2 Å². The summed E-state index contributed by atoms with van der Waals surface area (Å²) >= 11 is 0. The smallest absolute Gasteiger partial charge is 0.262 e. The maximum Gasteiger partial charge on any atom is 0.262 e. The highest BCUT2D eigenvalue weighted by Crippen LogP contribution is 2.55. The fraction of sp³-hybridized carbons (Fsp3) is 0.424. The number of anilines is 1. The van der Waals surface area contributed by atoms with E-state index in [0.29, 0.717) is 41.2 Å². The Morgan fingerprint density at radius 2 is 1.38 bits per heavy atom. The van der Waals surface area contributed by atoms with Crippen LogP contribution >= 0.6 is 0 Å². The van der Waals surface area contributed by atoms with Crippen LogP contribution < -0.4 is 14.8 Å². The lowest BCUT2D eigenvalue weighted by Crippen LogP contribution is -2.43. The van der Waals surface area contributed by atoms with Crippen molar-refractivity contribution in [3.63, 3.8) is 0 Å². The summed E-state index contributed by atoms with van der Waals surface area (Å²) in [4.78, 5) is 42.6. The Hall–Kier alpha value is -3.87. The Labute approximate surface area is 236 Å². The number of Topliss-reactive ketones (excluding diaryl/α,β-unsaturated/α-hetero) is 2. The summed E-state index contributed by atoms with van der Waals surface area (Å²) < 4.78 is 11.4. The molecule has 0 fully saturated rings. The van der Waals surface area contributed by atoms with E-state index in [1.807, 2.05) is 37.4 Å². The standard InChI is InChI=1S/C33H38N2O5/c1-32(2)15-22-30(24(36)17-32)29(31-23(35(22)5)16-33(3,4)18-25(31)37)20-11-7-9-13-26(20)40-19-28(38)34-21-12-8-10-14-27(21)39-6/h7-14,29H,15-19H2,1-6H3,(H,34,38). The molecule has 2 aromatic rings. The molecule has 0 spiro atoms. The first-order valence-corrected chi connectivity index (χ1v) is 13.8. The van der Waals surface area contributed by atoms with Crippen molar-refractivity contribution in [1.29, 1.82) is 0 Å². The Bertz CT molecular complexity index is 1390. The van der Waals surface area contributed by atoms with Gasteiger partial charge in [-0.15, -0.1) is 0 Å². The van der Waals surface area contributed by atoms with E-state index in [1.54, 1.807) is 25.3 Å². The Kier molecular flexibility index (Phi) is 7.11. The van der Waals surface area contributed by atoms with Crippen molar-refractivity contribution in [3.8, 4) is 11.5 Å². The molecule has 2 aromatic carbocycles. The van der Waals surface area contributed by atoms with Crippen LogP contribution in [0.2, 0.25) is 0 Å². The molecule has 0 saturated carbocycles. The molecular formula is C33H38N2O5. The lowest BCUT2D eigenvalue weighted by atomic mass is 9.63. The lowest BCUT2D eigenvalue weighted by Gasteiger charge is -2.48. The fourth-order valence-electron chi connectivity index (χ4n) is 6.40. The van der Waals surface area contributed by atoms with E-state index in [4.69, 9.17) is 9.47 Å². The first kappa shape index (κ1) is 27.7. The average molecular weight is 543 g/mol. The molecule has 1 aliphatic heterocycles. The number of nitrogens with one attached hydrogen (secondary N) is 1. The van der Waals surface area contributed by atoms with Crippen LogP contribution in [0.1, 0.15) is 64.9 Å². The van der Waals surface area contributed by atoms with Gasteiger partial charge in [-0.2, -0.15) is 0 Å². The zero-order valence-electron chi connectivity index (χ0n) is 24.2. The van der Waals surface area contributed by atoms with Gasteiger partial charge in [-0.05, 0) is 41.9 Å². The minimum absolute atomic E-state index is 0.0657. The maximum atomic E-state index is 13.8. The number of hydrogen-bond acceptors (Lipinski definition) is 6. The van der Waals surface area contributed by atoms with E-state index in [0.717, 1.165) is 29.8 Å². The summed E-state index contributed by atoms with van der Waals surface area (Å²) in [5, 5.41) is 2.84. The molecule has 0 saturated heterocycles. The third-order valence-electron chi connectivity index (χ3n) is 8.15. The number of nitrogens with zero attached hydrogens (tertiary/aromatic N) is 1. The number of amides is 1. The summed E-state index contributed by atoms with van der Waals surface area (Å²) in [6.45, 7) is 8.24. The SMILES string of the molecule is COc1ccccc1NC(=O)COc1ccccc1C1C2=C(CC(C)(C)CC2=O)N(C)C2=C1C(=O)CC(C)(C)C2. The first-order valence-electron chi connectivity index (χ1n) is 13.8. The van der Waals surface area contributed by atoms with Gasteiger partial charge in [0, 0.05) is 53.9 Å². The molecule has 2 aliphatic carbocycles. The van der Waals surface area contributed by atoms with Gasteiger partial charge >= 0.3 is 0 Å². The number of hydrogen-bond donors (Lipinski definition) is 1. The number of ether oxygens (including phenoxy) is 2. The molecule has 1 amide bonds. The third-order valence-corrected chi connectivity index (χ3v) is 8.15. The molecule has 40 heavy (non-hydrogen) atoms. The molecule has 0 radical (unpaired) electrons. The summed E-state index contributed by atoms with van der Waals surface area (Å²) in [6.07, 6.45) is 2.33. The van der Waals surface area contributed by atoms with Crippen LogP contribution in [-0.2, 0) is 14.4 Å². The number of rotatable bonds is 6. The minimum atomic E-state index is -0.526. The predicted molar refractivity (Wildman–Crippen MR) is 154 cm³/mol. The number of methoxy groups -OCH3 is 1. The zero-order valence-corrected chi connectivity index (χ0v) is 24.2. The topological polar surface area (TPSA) is 84.9 Å². The van der Waals surface area contributed by atoms with Crippen molar-refractivity contribution in [2.45, 2.75) is 59.3 Å². The van der Waals surface area contributed by atoms with Crippen LogP contribution in [0, 0.1) is 10.8 Å². The molecule has 7 heteroatoms. The molecule has 7 nitrogen and oxygen atoms in total. The van der Waals surface area contributed by atoms with Crippen molar-refractivity contribution >= 4 is 23.2 Å². The summed E-state index contributed by atoms with van der Waals surface area (Å²) in [5.74, 6) is 0.308. The molecule has 210 valence electrons. The highest BCUT2D eigenvalue weighted by atomic mass is 16.5. The van der Waals surface area contributed by atoms with E-state index >= 15 is 0 Å². The van der Waals surface area contributed by atoms with E-state index < -0.39 is 5.92 Å². The number of ketones is 2. The van der Waals surface area contributed by atoms with Crippen LogP contribution in [0.4, 0.5) is 5.69 Å². The molecule has 0 aromatic heterocycles. The Morgan fingerprint density at radius 3 is 1.95 bits per heavy atom. The molecule has 0 atom stereocenters. The second kappa shape index (κ2) is 10.3. The highest BCUT2D eigenvalue weighted by molar-refractivity contribution is 6.07. The maximum absolute atomic E-state index is 13.8. The Balaban J connectivity index is 1.53. The molecule has 1 heterocycles. The van der Waals surface area contributed by atoms with Crippen LogP contribution in [0.15, 0.2) is 71.1 Å². The van der Waals surface area contributed by atoms with Crippen molar-refractivity contribution in [2.75, 3.05) is 26.1 Å². The molecular weight excluding hydrogens is 504 g/mol. The number of para-hydroxylation sites is 3. The van der Waals surface area contributed by atoms with Gasteiger partial charge in [0.2, 0.25) is 0 Å². The lowest BCUT2D eigenvalue weighted by molar-refractivity contribution is -0.120. The van der Waals surface area contributed by atoms with Crippen LogP contribution in [0.25, 0.3) is 0 Å². The minimum Gasteiger partial charge on any atom is -0.495 e. The first-order chi connectivity index (χ1) is 18.9. The van der Waals surface area contributed by atoms with E-state index in [2.05, 4.69) is 37.9 Å². The van der Waals surface area contributed by atoms with Crippen molar-refractivity contribution in [3.05, 3.63) is 76.6 Å². The van der Waals surface area contributed by atoms with Gasteiger partial charge < -0.3 is 19.7 Å². The van der Waals surface area contributed by atoms with Crippen LogP contribution in [0.5, 0.6) is 11.5 Å². The van der Waals surface area contributed by atoms with Crippen LogP contribution in [-0.4, -0.2) is 43.1 Å². The second-order valence-corrected chi connectivity index (χ2v) is 12.7. The zero-order chi connectivity index (χ0) is 28.8. The van der Waals surface area contributed by atoms with Gasteiger partial charge in [-0.25, -0.2) is 0 Å². The normalized spacial score (nSPS) is 20.2. The third kappa shape index (κ3) is 5.17. The highest BCUT2D eigenvalue weighted by Gasteiger charge is 2.48. The second-order valence-electron chi connectivity index (χ2n) is 12.7. The summed E-state index contributed by atoms with van der Waals surface area (Å²) in [7, 11) is 3.54. The molecule has 3 aliphatic rings. The quantitative estimate of drug-likeness (QED) is 0.480. The number of allylic oxidation sites excluding steroid dienone is 4.